The van der Waals surface area contributed by atoms with Gasteiger partial charge in [-0.2, -0.15) is 13.2 Å². The SMILES string of the molecule is C[C@@H](C(=O)Nc1ccccc1C(F)(F)F)N1CCN(C(=O)c2ccc(Cl)cc2)CC1. The third-order valence-corrected chi connectivity index (χ3v) is 5.36. The molecule has 5 nitrogen and oxygen atoms in total. The molecular formula is C21H21ClF3N3O2. The zero-order valence-electron chi connectivity index (χ0n) is 16.2. The predicted molar refractivity (Wildman–Crippen MR) is 108 cm³/mol. The van der Waals surface area contributed by atoms with Crippen molar-refractivity contribution in [1.82, 2.24) is 9.80 Å². The predicted octanol–water partition coefficient (Wildman–Crippen LogP) is 4.14. The number of carbonyl (C=O) groups is 2. The highest BCUT2D eigenvalue weighted by atomic mass is 35.5. The van der Waals surface area contributed by atoms with Crippen LogP contribution in [0.5, 0.6) is 0 Å². The number of amides is 2. The van der Waals surface area contributed by atoms with Crippen LogP contribution in [-0.4, -0.2) is 53.8 Å². The summed E-state index contributed by atoms with van der Waals surface area (Å²) in [5.74, 6) is -0.647. The van der Waals surface area contributed by atoms with Crippen molar-refractivity contribution in [2.45, 2.75) is 19.1 Å². The molecule has 0 bridgehead atoms. The second-order valence-corrected chi connectivity index (χ2v) is 7.48. The number of halogens is 4. The van der Waals surface area contributed by atoms with Gasteiger partial charge in [-0.25, -0.2) is 0 Å². The molecule has 0 aromatic heterocycles. The Bertz CT molecular complexity index is 910. The molecule has 160 valence electrons. The van der Waals surface area contributed by atoms with E-state index in [-0.39, 0.29) is 11.6 Å². The molecular weight excluding hydrogens is 419 g/mol. The average molecular weight is 440 g/mol. The maximum absolute atomic E-state index is 13.1. The Labute approximate surface area is 177 Å². The maximum atomic E-state index is 13.1. The van der Waals surface area contributed by atoms with E-state index in [2.05, 4.69) is 5.32 Å². The Hall–Kier alpha value is -2.58. The smallest absolute Gasteiger partial charge is 0.336 e. The highest BCUT2D eigenvalue weighted by Gasteiger charge is 2.34. The lowest BCUT2D eigenvalue weighted by Gasteiger charge is -2.37. The van der Waals surface area contributed by atoms with Crippen molar-refractivity contribution in [3.8, 4) is 0 Å². The Kier molecular flexibility index (Phi) is 6.67. The summed E-state index contributed by atoms with van der Waals surface area (Å²) in [6, 6.07) is 10.9. The topological polar surface area (TPSA) is 52.7 Å². The molecule has 0 saturated carbocycles. The summed E-state index contributed by atoms with van der Waals surface area (Å²) in [5.41, 5.74) is -0.621. The van der Waals surface area contributed by atoms with Gasteiger partial charge in [-0.3, -0.25) is 14.5 Å². The Balaban J connectivity index is 1.59. The number of hydrogen-bond donors (Lipinski definition) is 1. The Morgan fingerprint density at radius 1 is 1.00 bits per heavy atom. The van der Waals surface area contributed by atoms with Crippen LogP contribution < -0.4 is 5.32 Å². The van der Waals surface area contributed by atoms with Crippen LogP contribution in [0.25, 0.3) is 0 Å². The molecule has 1 fully saturated rings. The highest BCUT2D eigenvalue weighted by molar-refractivity contribution is 6.30. The van der Waals surface area contributed by atoms with Gasteiger partial charge < -0.3 is 10.2 Å². The summed E-state index contributed by atoms with van der Waals surface area (Å²) < 4.78 is 39.4. The van der Waals surface area contributed by atoms with Crippen LogP contribution >= 0.6 is 11.6 Å². The summed E-state index contributed by atoms with van der Waals surface area (Å²) in [7, 11) is 0. The molecule has 0 unspecified atom stereocenters. The number of nitrogens with one attached hydrogen (secondary N) is 1. The zero-order chi connectivity index (χ0) is 21.9. The maximum Gasteiger partial charge on any atom is 0.418 e. The molecule has 1 heterocycles. The molecule has 2 aromatic rings. The third kappa shape index (κ3) is 5.12. The molecule has 0 spiro atoms. The van der Waals surface area contributed by atoms with Gasteiger partial charge in [-0.05, 0) is 43.3 Å². The third-order valence-electron chi connectivity index (χ3n) is 5.11. The Morgan fingerprint density at radius 2 is 1.60 bits per heavy atom. The number of anilines is 1. The molecule has 1 N–H and O–H groups in total. The van der Waals surface area contributed by atoms with Crippen molar-refractivity contribution < 1.29 is 22.8 Å². The van der Waals surface area contributed by atoms with E-state index in [4.69, 9.17) is 11.6 Å². The lowest BCUT2D eigenvalue weighted by molar-refractivity contribution is -0.137. The number of benzene rings is 2. The second-order valence-electron chi connectivity index (χ2n) is 7.04. The molecule has 0 aliphatic carbocycles. The number of rotatable bonds is 4. The molecule has 0 radical (unpaired) electrons. The van der Waals surface area contributed by atoms with Crippen LogP contribution in [0.2, 0.25) is 5.02 Å². The van der Waals surface area contributed by atoms with E-state index in [0.717, 1.165) is 6.07 Å². The van der Waals surface area contributed by atoms with Crippen molar-refractivity contribution in [2.75, 3.05) is 31.5 Å². The van der Waals surface area contributed by atoms with Gasteiger partial charge in [0, 0.05) is 36.8 Å². The monoisotopic (exact) mass is 439 g/mol. The lowest BCUT2D eigenvalue weighted by Crippen LogP contribution is -2.54. The molecule has 2 amide bonds. The minimum Gasteiger partial charge on any atom is -0.336 e. The quantitative estimate of drug-likeness (QED) is 0.779. The summed E-state index contributed by atoms with van der Waals surface area (Å²) in [6.07, 6.45) is -4.55. The number of piperazine rings is 1. The molecule has 2 aromatic carbocycles. The van der Waals surface area contributed by atoms with Crippen LogP contribution in [0.4, 0.5) is 18.9 Å². The highest BCUT2D eigenvalue weighted by Crippen LogP contribution is 2.34. The molecule has 9 heteroatoms. The number of para-hydroxylation sites is 1. The van der Waals surface area contributed by atoms with Crippen LogP contribution in [-0.2, 0) is 11.0 Å². The van der Waals surface area contributed by atoms with Crippen LogP contribution in [0.1, 0.15) is 22.8 Å². The minimum absolute atomic E-state index is 0.123. The Morgan fingerprint density at radius 3 is 2.20 bits per heavy atom. The standard InChI is InChI=1S/C21H21ClF3N3O2/c1-14(19(29)26-18-5-3-2-4-17(18)21(23,24)25)27-10-12-28(13-11-27)20(30)15-6-8-16(22)9-7-15/h2-9,14H,10-13H2,1H3,(H,26,29)/t14-/m0/s1. The minimum atomic E-state index is -4.55. The van der Waals surface area contributed by atoms with E-state index in [9.17, 15) is 22.8 Å². The van der Waals surface area contributed by atoms with Crippen molar-refractivity contribution in [3.63, 3.8) is 0 Å². The first-order chi connectivity index (χ1) is 14.2. The van der Waals surface area contributed by atoms with E-state index in [1.54, 1.807) is 36.1 Å². The largest absolute Gasteiger partial charge is 0.418 e. The molecule has 1 saturated heterocycles. The molecule has 1 atom stereocenters. The van der Waals surface area contributed by atoms with Crippen LogP contribution in [0.3, 0.4) is 0 Å². The average Bonchev–Trinajstić information content (AvgIpc) is 2.73. The van der Waals surface area contributed by atoms with E-state index in [1.165, 1.54) is 18.2 Å². The first-order valence-electron chi connectivity index (χ1n) is 9.43. The van der Waals surface area contributed by atoms with E-state index < -0.39 is 23.7 Å². The van der Waals surface area contributed by atoms with Crippen LogP contribution in [0, 0.1) is 0 Å². The molecule has 1 aliphatic heterocycles. The van der Waals surface area contributed by atoms with Crippen molar-refractivity contribution in [2.24, 2.45) is 0 Å². The summed E-state index contributed by atoms with van der Waals surface area (Å²) in [6.45, 7) is 3.35. The number of carbonyl (C=O) groups excluding carboxylic acids is 2. The van der Waals surface area contributed by atoms with Gasteiger partial charge in [0.1, 0.15) is 0 Å². The number of nitrogens with zero attached hydrogens (tertiary/aromatic N) is 2. The summed E-state index contributed by atoms with van der Waals surface area (Å²) >= 11 is 5.85. The van der Waals surface area contributed by atoms with Gasteiger partial charge in [-0.1, -0.05) is 23.7 Å². The second kappa shape index (κ2) is 9.06. The van der Waals surface area contributed by atoms with Gasteiger partial charge in [0.25, 0.3) is 5.91 Å². The van der Waals surface area contributed by atoms with Crippen molar-refractivity contribution >= 4 is 29.1 Å². The van der Waals surface area contributed by atoms with E-state index in [0.29, 0.717) is 36.8 Å². The van der Waals surface area contributed by atoms with Gasteiger partial charge in [0.05, 0.1) is 17.3 Å². The molecule has 30 heavy (non-hydrogen) atoms. The van der Waals surface area contributed by atoms with Crippen molar-refractivity contribution in [1.29, 1.82) is 0 Å². The molecule has 1 aliphatic rings. The van der Waals surface area contributed by atoms with Gasteiger partial charge >= 0.3 is 6.18 Å². The number of alkyl halides is 3. The van der Waals surface area contributed by atoms with E-state index >= 15 is 0 Å². The fourth-order valence-electron chi connectivity index (χ4n) is 3.33. The van der Waals surface area contributed by atoms with Gasteiger partial charge in [0.15, 0.2) is 0 Å². The van der Waals surface area contributed by atoms with Gasteiger partial charge in [0.2, 0.25) is 5.91 Å². The van der Waals surface area contributed by atoms with Gasteiger partial charge in [-0.15, -0.1) is 0 Å². The normalized spacial score (nSPS) is 16.2. The number of hydrogen-bond acceptors (Lipinski definition) is 3. The fourth-order valence-corrected chi connectivity index (χ4v) is 3.46. The zero-order valence-corrected chi connectivity index (χ0v) is 17.0. The summed E-state index contributed by atoms with van der Waals surface area (Å²) in [4.78, 5) is 28.6. The van der Waals surface area contributed by atoms with Crippen molar-refractivity contribution in [3.05, 3.63) is 64.7 Å². The summed E-state index contributed by atoms with van der Waals surface area (Å²) in [5, 5.41) is 2.93. The fraction of sp³-hybridized carbons (Fsp3) is 0.333. The van der Waals surface area contributed by atoms with E-state index in [1.807, 2.05) is 4.90 Å². The first-order valence-corrected chi connectivity index (χ1v) is 9.80. The van der Waals surface area contributed by atoms with Crippen LogP contribution in [0.15, 0.2) is 48.5 Å². The lowest BCUT2D eigenvalue weighted by atomic mass is 10.1. The molecule has 3 rings (SSSR count). The first kappa shape index (κ1) is 22.1.